The summed E-state index contributed by atoms with van der Waals surface area (Å²) in [6.45, 7) is 5.52. The van der Waals surface area contributed by atoms with Gasteiger partial charge in [0.15, 0.2) is 0 Å². The number of carbonyl (C=O) groups excluding carboxylic acids is 1. The molecule has 1 rings (SSSR count). The highest BCUT2D eigenvalue weighted by atomic mass is 35.5. The van der Waals surface area contributed by atoms with Gasteiger partial charge >= 0.3 is 0 Å². The van der Waals surface area contributed by atoms with Crippen LogP contribution in [0.5, 0.6) is 0 Å². The normalized spacial score (nSPS) is 11.2. The molecule has 0 unspecified atom stereocenters. The number of nitro groups is 1. The second-order valence-electron chi connectivity index (χ2n) is 5.05. The smallest absolute Gasteiger partial charge is 0.270 e. The number of nitrogens with zero attached hydrogens (tertiary/aromatic N) is 2. The fourth-order valence-electron chi connectivity index (χ4n) is 1.76. The number of hydrogen-bond donors (Lipinski definition) is 1. The van der Waals surface area contributed by atoms with Crippen LogP contribution in [0.2, 0.25) is 5.02 Å². The van der Waals surface area contributed by atoms with Crippen molar-refractivity contribution >= 4 is 23.2 Å². The molecule has 0 radical (unpaired) electrons. The fraction of sp³-hybridized carbons (Fsp3) is 0.462. The maximum atomic E-state index is 12.3. The van der Waals surface area contributed by atoms with Crippen LogP contribution in [0.4, 0.5) is 5.69 Å². The van der Waals surface area contributed by atoms with Gasteiger partial charge in [-0.1, -0.05) is 11.6 Å². The number of nitro benzene ring substituents is 1. The summed E-state index contributed by atoms with van der Waals surface area (Å²) in [5.74, 6) is -0.366. The third-order valence-corrected chi connectivity index (χ3v) is 2.95. The lowest BCUT2D eigenvalue weighted by Crippen LogP contribution is -2.42. The number of aliphatic hydroxyl groups is 1. The van der Waals surface area contributed by atoms with Gasteiger partial charge in [-0.25, -0.2) is 0 Å². The summed E-state index contributed by atoms with van der Waals surface area (Å²) in [6, 6.07) is 3.71. The van der Waals surface area contributed by atoms with Crippen LogP contribution in [-0.4, -0.2) is 39.5 Å². The molecule has 0 fully saturated rings. The molecule has 0 aromatic heterocycles. The molecule has 0 aliphatic heterocycles. The molecule has 0 saturated carbocycles. The van der Waals surface area contributed by atoms with E-state index in [0.717, 1.165) is 6.07 Å². The molecule has 1 amide bonds. The second-order valence-corrected chi connectivity index (χ2v) is 5.46. The van der Waals surface area contributed by atoms with Crippen molar-refractivity contribution in [3.8, 4) is 0 Å². The molecule has 20 heavy (non-hydrogen) atoms. The molecular formula is C13H17ClN2O4. The molecule has 1 N–H and O–H groups in total. The Morgan fingerprint density at radius 3 is 2.50 bits per heavy atom. The number of likely N-dealkylation sites (N-methyl/N-ethyl adjacent to an activating group) is 1. The molecule has 0 atom stereocenters. The minimum atomic E-state index is -1.03. The number of amides is 1. The fourth-order valence-corrected chi connectivity index (χ4v) is 2.01. The summed E-state index contributed by atoms with van der Waals surface area (Å²) < 4.78 is 0. The standard InChI is InChI=1S/C13H17ClN2O4/c1-4-15(8-13(2,3)18)12(17)10-6-5-9(16(19)20)7-11(10)14/h5-7,18H,4,8H2,1-3H3. The number of rotatable bonds is 5. The van der Waals surface area contributed by atoms with Gasteiger partial charge in [0, 0.05) is 25.2 Å². The number of non-ortho nitro benzene ring substituents is 1. The number of halogens is 1. The number of benzene rings is 1. The van der Waals surface area contributed by atoms with E-state index in [1.54, 1.807) is 20.8 Å². The molecule has 0 aliphatic carbocycles. The van der Waals surface area contributed by atoms with E-state index in [0.29, 0.717) is 6.54 Å². The van der Waals surface area contributed by atoms with E-state index in [1.165, 1.54) is 17.0 Å². The van der Waals surface area contributed by atoms with Crippen molar-refractivity contribution in [1.29, 1.82) is 0 Å². The molecule has 7 heteroatoms. The van der Waals surface area contributed by atoms with E-state index in [1.807, 2.05) is 0 Å². The quantitative estimate of drug-likeness (QED) is 0.669. The van der Waals surface area contributed by atoms with Gasteiger partial charge in [0.1, 0.15) is 0 Å². The topological polar surface area (TPSA) is 83.7 Å². The van der Waals surface area contributed by atoms with Gasteiger partial charge in [-0.2, -0.15) is 0 Å². The van der Waals surface area contributed by atoms with Crippen LogP contribution in [0.25, 0.3) is 0 Å². The minimum Gasteiger partial charge on any atom is -0.389 e. The predicted molar refractivity (Wildman–Crippen MR) is 76.0 cm³/mol. The lowest BCUT2D eigenvalue weighted by molar-refractivity contribution is -0.384. The summed E-state index contributed by atoms with van der Waals surface area (Å²) in [5.41, 5.74) is -1.01. The summed E-state index contributed by atoms with van der Waals surface area (Å²) in [5, 5.41) is 20.4. The molecular weight excluding hydrogens is 284 g/mol. The summed E-state index contributed by atoms with van der Waals surface area (Å²) >= 11 is 5.93. The van der Waals surface area contributed by atoms with Crippen molar-refractivity contribution < 1.29 is 14.8 Å². The number of carbonyl (C=O) groups is 1. The third-order valence-electron chi connectivity index (χ3n) is 2.64. The van der Waals surface area contributed by atoms with Crippen molar-refractivity contribution in [1.82, 2.24) is 4.90 Å². The number of hydrogen-bond acceptors (Lipinski definition) is 4. The Hall–Kier alpha value is -1.66. The van der Waals surface area contributed by atoms with Gasteiger partial charge in [0.25, 0.3) is 11.6 Å². The Labute approximate surface area is 122 Å². The van der Waals surface area contributed by atoms with E-state index in [-0.39, 0.29) is 28.7 Å². The zero-order valence-corrected chi connectivity index (χ0v) is 12.3. The van der Waals surface area contributed by atoms with E-state index in [2.05, 4.69) is 0 Å². The zero-order chi connectivity index (χ0) is 15.5. The third kappa shape index (κ3) is 4.18. The Morgan fingerprint density at radius 1 is 1.50 bits per heavy atom. The Balaban J connectivity index is 3.04. The molecule has 0 heterocycles. The van der Waals surface area contributed by atoms with Crippen LogP contribution >= 0.6 is 11.6 Å². The average Bonchev–Trinajstić information content (AvgIpc) is 2.33. The van der Waals surface area contributed by atoms with Gasteiger partial charge in [0.2, 0.25) is 0 Å². The van der Waals surface area contributed by atoms with Gasteiger partial charge in [-0.05, 0) is 26.8 Å². The lowest BCUT2D eigenvalue weighted by atomic mass is 10.1. The largest absolute Gasteiger partial charge is 0.389 e. The van der Waals surface area contributed by atoms with Crippen LogP contribution in [-0.2, 0) is 0 Å². The Morgan fingerprint density at radius 2 is 2.10 bits per heavy atom. The van der Waals surface area contributed by atoms with E-state index < -0.39 is 10.5 Å². The highest BCUT2D eigenvalue weighted by Crippen LogP contribution is 2.24. The zero-order valence-electron chi connectivity index (χ0n) is 11.6. The van der Waals surface area contributed by atoms with Crippen molar-refractivity contribution in [3.63, 3.8) is 0 Å². The van der Waals surface area contributed by atoms with Gasteiger partial charge in [-0.3, -0.25) is 14.9 Å². The van der Waals surface area contributed by atoms with Gasteiger partial charge < -0.3 is 10.0 Å². The Bertz CT molecular complexity index is 526. The highest BCUT2D eigenvalue weighted by Gasteiger charge is 2.24. The predicted octanol–water partition coefficient (Wildman–Crippen LogP) is 2.48. The molecule has 6 nitrogen and oxygen atoms in total. The first-order valence-electron chi connectivity index (χ1n) is 6.11. The highest BCUT2D eigenvalue weighted by molar-refractivity contribution is 6.34. The second kappa shape index (κ2) is 6.19. The first kappa shape index (κ1) is 16.4. The van der Waals surface area contributed by atoms with Gasteiger partial charge in [-0.15, -0.1) is 0 Å². The van der Waals surface area contributed by atoms with E-state index in [9.17, 15) is 20.0 Å². The molecule has 0 saturated heterocycles. The van der Waals surface area contributed by atoms with Crippen molar-refractivity contribution in [2.45, 2.75) is 26.4 Å². The summed E-state index contributed by atoms with van der Waals surface area (Å²) in [6.07, 6.45) is 0. The summed E-state index contributed by atoms with van der Waals surface area (Å²) in [4.78, 5) is 23.8. The monoisotopic (exact) mass is 300 g/mol. The van der Waals surface area contributed by atoms with Crippen LogP contribution in [0.3, 0.4) is 0 Å². The minimum absolute atomic E-state index is 0.0263. The van der Waals surface area contributed by atoms with Crippen molar-refractivity contribution in [2.75, 3.05) is 13.1 Å². The first-order valence-corrected chi connectivity index (χ1v) is 6.49. The van der Waals surface area contributed by atoms with Crippen LogP contribution < -0.4 is 0 Å². The van der Waals surface area contributed by atoms with E-state index in [4.69, 9.17) is 11.6 Å². The molecule has 1 aromatic rings. The summed E-state index contributed by atoms with van der Waals surface area (Å²) in [7, 11) is 0. The van der Waals surface area contributed by atoms with Crippen LogP contribution in [0.15, 0.2) is 18.2 Å². The van der Waals surface area contributed by atoms with Crippen molar-refractivity contribution in [3.05, 3.63) is 38.9 Å². The Kier molecular flexibility index (Phi) is 5.08. The lowest BCUT2D eigenvalue weighted by Gasteiger charge is -2.28. The maximum Gasteiger partial charge on any atom is 0.270 e. The maximum absolute atomic E-state index is 12.3. The first-order chi connectivity index (χ1) is 9.15. The molecule has 1 aromatic carbocycles. The molecule has 0 aliphatic rings. The van der Waals surface area contributed by atoms with Crippen LogP contribution in [0.1, 0.15) is 31.1 Å². The van der Waals surface area contributed by atoms with E-state index >= 15 is 0 Å². The average molecular weight is 301 g/mol. The molecule has 0 spiro atoms. The molecule has 110 valence electrons. The molecule has 0 bridgehead atoms. The SMILES string of the molecule is CCN(CC(C)(C)O)C(=O)c1ccc([N+](=O)[O-])cc1Cl. The van der Waals surface area contributed by atoms with Gasteiger partial charge in [0.05, 0.1) is 21.1 Å². The van der Waals surface area contributed by atoms with Crippen LogP contribution in [0, 0.1) is 10.1 Å². The van der Waals surface area contributed by atoms with Crippen molar-refractivity contribution in [2.24, 2.45) is 0 Å².